The maximum atomic E-state index is 5.79. The number of fused-ring (bicyclic) bond motifs is 1. The summed E-state index contributed by atoms with van der Waals surface area (Å²) < 4.78 is 8.53. The minimum atomic E-state index is 0.465. The van der Waals surface area contributed by atoms with Crippen molar-refractivity contribution in [2.24, 2.45) is 0 Å². The Hall–Kier alpha value is -1.14. The normalized spacial score (nSPS) is 16.3. The van der Waals surface area contributed by atoms with Gasteiger partial charge in [0, 0.05) is 17.2 Å². The lowest BCUT2D eigenvalue weighted by atomic mass is 10.3. The van der Waals surface area contributed by atoms with Crippen LogP contribution in [-0.2, 0) is 4.74 Å². The van der Waals surface area contributed by atoms with Gasteiger partial charge in [0.15, 0.2) is 5.65 Å². The van der Waals surface area contributed by atoms with Crippen molar-refractivity contribution < 1.29 is 4.74 Å². The van der Waals surface area contributed by atoms with Gasteiger partial charge in [-0.2, -0.15) is 4.98 Å². The SMILES string of the molecule is Brc1ccc2nc(NCCOC3CCCC3)nn2c1. The lowest BCUT2D eigenvalue weighted by Crippen LogP contribution is -2.15. The van der Waals surface area contributed by atoms with Crippen LogP contribution in [0, 0.1) is 0 Å². The predicted molar refractivity (Wildman–Crippen MR) is 77.4 cm³/mol. The standard InChI is InChI=1S/C13H17BrN4O/c14-10-5-6-12-16-13(17-18(12)9-10)15-7-8-19-11-3-1-2-4-11/h5-6,9,11H,1-4,7-8H2,(H,15,17). The second kappa shape index (κ2) is 5.88. The Morgan fingerprint density at radius 3 is 3.05 bits per heavy atom. The molecule has 2 aromatic heterocycles. The van der Waals surface area contributed by atoms with E-state index in [1.165, 1.54) is 25.7 Å². The number of halogens is 1. The van der Waals surface area contributed by atoms with Crippen molar-refractivity contribution in [3.63, 3.8) is 0 Å². The van der Waals surface area contributed by atoms with Gasteiger partial charge in [0.2, 0.25) is 5.95 Å². The zero-order valence-corrected chi connectivity index (χ0v) is 12.3. The molecule has 5 nitrogen and oxygen atoms in total. The molecule has 0 saturated heterocycles. The summed E-state index contributed by atoms with van der Waals surface area (Å²) in [6.45, 7) is 1.46. The predicted octanol–water partition coefficient (Wildman–Crippen LogP) is 2.86. The quantitative estimate of drug-likeness (QED) is 0.859. The fourth-order valence-corrected chi connectivity index (χ4v) is 2.70. The van der Waals surface area contributed by atoms with Crippen molar-refractivity contribution in [3.05, 3.63) is 22.8 Å². The largest absolute Gasteiger partial charge is 0.376 e. The van der Waals surface area contributed by atoms with Crippen LogP contribution < -0.4 is 5.32 Å². The van der Waals surface area contributed by atoms with Gasteiger partial charge in [0.05, 0.1) is 12.7 Å². The van der Waals surface area contributed by atoms with Crippen LogP contribution in [0.3, 0.4) is 0 Å². The molecule has 1 saturated carbocycles. The third-order valence-electron chi connectivity index (χ3n) is 3.34. The fourth-order valence-electron chi connectivity index (χ4n) is 2.38. The Bertz CT molecular complexity index is 551. The maximum absolute atomic E-state index is 5.79. The van der Waals surface area contributed by atoms with E-state index in [1.54, 1.807) is 4.52 Å². The number of pyridine rings is 1. The molecule has 0 aromatic carbocycles. The van der Waals surface area contributed by atoms with E-state index in [1.807, 2.05) is 18.3 Å². The number of ether oxygens (including phenoxy) is 1. The molecule has 0 atom stereocenters. The van der Waals surface area contributed by atoms with Crippen LogP contribution in [0.2, 0.25) is 0 Å². The van der Waals surface area contributed by atoms with E-state index in [2.05, 4.69) is 31.3 Å². The molecular formula is C13H17BrN4O. The van der Waals surface area contributed by atoms with Gasteiger partial charge < -0.3 is 10.1 Å². The second-order valence-electron chi connectivity index (χ2n) is 4.79. The van der Waals surface area contributed by atoms with Gasteiger partial charge in [0.1, 0.15) is 0 Å². The number of anilines is 1. The highest BCUT2D eigenvalue weighted by Crippen LogP contribution is 2.20. The van der Waals surface area contributed by atoms with Crippen molar-refractivity contribution >= 4 is 27.5 Å². The van der Waals surface area contributed by atoms with E-state index in [-0.39, 0.29) is 0 Å². The Morgan fingerprint density at radius 2 is 2.21 bits per heavy atom. The molecule has 6 heteroatoms. The van der Waals surface area contributed by atoms with Crippen molar-refractivity contribution in [2.75, 3.05) is 18.5 Å². The van der Waals surface area contributed by atoms with E-state index in [0.29, 0.717) is 18.7 Å². The van der Waals surface area contributed by atoms with Gasteiger partial charge in [-0.1, -0.05) is 12.8 Å². The number of hydrogen-bond acceptors (Lipinski definition) is 4. The van der Waals surface area contributed by atoms with Gasteiger partial charge in [-0.25, -0.2) is 4.52 Å². The molecule has 2 aromatic rings. The minimum Gasteiger partial charge on any atom is -0.376 e. The molecule has 3 rings (SSSR count). The van der Waals surface area contributed by atoms with Crippen molar-refractivity contribution in [1.82, 2.24) is 14.6 Å². The molecule has 0 unspecified atom stereocenters. The second-order valence-corrected chi connectivity index (χ2v) is 5.71. The first kappa shape index (κ1) is 12.9. The summed E-state index contributed by atoms with van der Waals surface area (Å²) in [5.74, 6) is 0.646. The first-order chi connectivity index (χ1) is 9.31. The average molecular weight is 325 g/mol. The third kappa shape index (κ3) is 3.25. The average Bonchev–Trinajstić information content (AvgIpc) is 3.02. The van der Waals surface area contributed by atoms with E-state index in [9.17, 15) is 0 Å². The van der Waals surface area contributed by atoms with Crippen LogP contribution in [-0.4, -0.2) is 33.9 Å². The first-order valence-corrected chi connectivity index (χ1v) is 7.48. The number of hydrogen-bond donors (Lipinski definition) is 1. The molecule has 1 fully saturated rings. The summed E-state index contributed by atoms with van der Waals surface area (Å²) in [5, 5.41) is 7.55. The zero-order valence-electron chi connectivity index (χ0n) is 10.7. The van der Waals surface area contributed by atoms with Gasteiger partial charge in [-0.15, -0.1) is 5.10 Å². The van der Waals surface area contributed by atoms with E-state index in [4.69, 9.17) is 4.74 Å². The minimum absolute atomic E-state index is 0.465. The Balaban J connectivity index is 1.50. The first-order valence-electron chi connectivity index (χ1n) is 6.69. The molecule has 1 aliphatic rings. The summed E-state index contributed by atoms with van der Waals surface area (Å²) in [7, 11) is 0. The molecule has 19 heavy (non-hydrogen) atoms. The van der Waals surface area contributed by atoms with Crippen LogP contribution in [0.1, 0.15) is 25.7 Å². The molecule has 1 N–H and O–H groups in total. The molecule has 0 radical (unpaired) electrons. The highest BCUT2D eigenvalue weighted by Gasteiger charge is 2.14. The highest BCUT2D eigenvalue weighted by molar-refractivity contribution is 9.10. The van der Waals surface area contributed by atoms with Gasteiger partial charge in [-0.05, 0) is 40.9 Å². The van der Waals surface area contributed by atoms with Gasteiger partial charge in [-0.3, -0.25) is 0 Å². The smallest absolute Gasteiger partial charge is 0.243 e. The van der Waals surface area contributed by atoms with Crippen LogP contribution >= 0.6 is 15.9 Å². The van der Waals surface area contributed by atoms with E-state index >= 15 is 0 Å². The van der Waals surface area contributed by atoms with Crippen LogP contribution in [0.5, 0.6) is 0 Å². The molecule has 102 valence electrons. The monoisotopic (exact) mass is 324 g/mol. The van der Waals surface area contributed by atoms with Gasteiger partial charge in [0.25, 0.3) is 0 Å². The Kier molecular flexibility index (Phi) is 3.98. The molecule has 0 amide bonds. The Morgan fingerprint density at radius 1 is 1.37 bits per heavy atom. The summed E-state index contributed by atoms with van der Waals surface area (Å²) in [6.07, 6.45) is 7.39. The van der Waals surface area contributed by atoms with Crippen LogP contribution in [0.4, 0.5) is 5.95 Å². The lowest BCUT2D eigenvalue weighted by molar-refractivity contribution is 0.0658. The van der Waals surface area contributed by atoms with E-state index in [0.717, 1.165) is 16.7 Å². The molecule has 0 bridgehead atoms. The van der Waals surface area contributed by atoms with Crippen LogP contribution in [0.25, 0.3) is 5.65 Å². The molecule has 0 spiro atoms. The number of aromatic nitrogens is 3. The number of nitrogens with one attached hydrogen (secondary N) is 1. The highest BCUT2D eigenvalue weighted by atomic mass is 79.9. The molecule has 0 aliphatic heterocycles. The Labute approximate surface area is 120 Å². The summed E-state index contributed by atoms with van der Waals surface area (Å²) in [5.41, 5.74) is 0.836. The number of rotatable bonds is 5. The fraction of sp³-hybridized carbons (Fsp3) is 0.538. The zero-order chi connectivity index (χ0) is 13.1. The maximum Gasteiger partial charge on any atom is 0.243 e. The summed E-state index contributed by atoms with van der Waals surface area (Å²) >= 11 is 3.41. The lowest BCUT2D eigenvalue weighted by Gasteiger charge is -2.10. The topological polar surface area (TPSA) is 51.5 Å². The van der Waals surface area contributed by atoms with Crippen molar-refractivity contribution in [3.8, 4) is 0 Å². The summed E-state index contributed by atoms with van der Waals surface area (Å²) in [6, 6.07) is 3.88. The molecular weight excluding hydrogens is 308 g/mol. The molecule has 2 heterocycles. The van der Waals surface area contributed by atoms with Gasteiger partial charge >= 0.3 is 0 Å². The van der Waals surface area contributed by atoms with E-state index < -0.39 is 0 Å². The molecule has 1 aliphatic carbocycles. The van der Waals surface area contributed by atoms with Crippen molar-refractivity contribution in [1.29, 1.82) is 0 Å². The van der Waals surface area contributed by atoms with Crippen molar-refractivity contribution in [2.45, 2.75) is 31.8 Å². The summed E-state index contributed by atoms with van der Waals surface area (Å²) in [4.78, 5) is 4.39. The van der Waals surface area contributed by atoms with Crippen LogP contribution in [0.15, 0.2) is 22.8 Å². The number of nitrogens with zero attached hydrogens (tertiary/aromatic N) is 3. The third-order valence-corrected chi connectivity index (χ3v) is 3.80.